The highest BCUT2D eigenvalue weighted by molar-refractivity contribution is 5.93. The highest BCUT2D eigenvalue weighted by Crippen LogP contribution is 2.25. The molecule has 0 aliphatic rings. The molecule has 0 bridgehead atoms. The third kappa shape index (κ3) is 7.69. The summed E-state index contributed by atoms with van der Waals surface area (Å²) in [6, 6.07) is 16.6. The van der Waals surface area contributed by atoms with Gasteiger partial charge in [0, 0.05) is 38.2 Å². The van der Waals surface area contributed by atoms with Crippen molar-refractivity contribution in [2.75, 3.05) is 30.8 Å². The zero-order valence-electron chi connectivity index (χ0n) is 23.9. The van der Waals surface area contributed by atoms with E-state index >= 15 is 0 Å². The fraction of sp³-hybridized carbons (Fsp3) is 0.323. The van der Waals surface area contributed by atoms with Crippen LogP contribution in [0.15, 0.2) is 76.2 Å². The van der Waals surface area contributed by atoms with E-state index in [9.17, 15) is 14.4 Å². The fourth-order valence-electron chi connectivity index (χ4n) is 4.39. The van der Waals surface area contributed by atoms with Gasteiger partial charge in [-0.25, -0.2) is 9.59 Å². The second kappa shape index (κ2) is 12.6. The van der Waals surface area contributed by atoms with Crippen molar-refractivity contribution in [2.24, 2.45) is 0 Å². The van der Waals surface area contributed by atoms with Crippen LogP contribution in [-0.2, 0) is 16.0 Å². The van der Waals surface area contributed by atoms with Crippen LogP contribution in [0.2, 0.25) is 0 Å². The number of amides is 2. The summed E-state index contributed by atoms with van der Waals surface area (Å²) >= 11 is 0. The second-order valence-electron chi connectivity index (χ2n) is 10.8. The number of aryl methyl sites for hydroxylation is 1. The average molecular weight is 558 g/mol. The number of nitrogens with zero attached hydrogens (tertiary/aromatic N) is 3. The van der Waals surface area contributed by atoms with Gasteiger partial charge in [-0.05, 0) is 69.0 Å². The van der Waals surface area contributed by atoms with Crippen molar-refractivity contribution < 1.29 is 18.7 Å². The highest BCUT2D eigenvalue weighted by atomic mass is 16.6. The fourth-order valence-corrected chi connectivity index (χ4v) is 4.39. The molecule has 41 heavy (non-hydrogen) atoms. The number of ether oxygens (including phenoxy) is 1. The van der Waals surface area contributed by atoms with E-state index in [1.165, 1.54) is 0 Å². The van der Waals surface area contributed by atoms with Crippen molar-refractivity contribution in [3.63, 3.8) is 0 Å². The first kappa shape index (κ1) is 29.3. The minimum absolute atomic E-state index is 0.00138. The van der Waals surface area contributed by atoms with Crippen LogP contribution in [0.3, 0.4) is 0 Å². The van der Waals surface area contributed by atoms with Crippen molar-refractivity contribution in [1.82, 2.24) is 14.9 Å². The molecule has 0 fully saturated rings. The van der Waals surface area contributed by atoms with Gasteiger partial charge in [-0.1, -0.05) is 36.4 Å². The summed E-state index contributed by atoms with van der Waals surface area (Å²) in [5.74, 6) is -0.621. The van der Waals surface area contributed by atoms with Gasteiger partial charge < -0.3 is 19.4 Å². The van der Waals surface area contributed by atoms with Gasteiger partial charge in [0.25, 0.3) is 6.01 Å². The van der Waals surface area contributed by atoms with Gasteiger partial charge in [-0.2, -0.15) is 4.98 Å². The molecule has 0 saturated heterocycles. The molecule has 2 amide bonds. The lowest BCUT2D eigenvalue weighted by Crippen LogP contribution is -2.36. The molecule has 0 spiro atoms. The molecule has 2 aromatic heterocycles. The quantitative estimate of drug-likeness (QED) is 0.290. The van der Waals surface area contributed by atoms with Crippen molar-refractivity contribution in [1.29, 1.82) is 0 Å². The normalized spacial score (nSPS) is 12.0. The van der Waals surface area contributed by atoms with Crippen LogP contribution >= 0.6 is 0 Å². The largest absolute Gasteiger partial charge is 0.444 e. The number of benzene rings is 2. The Hall–Kier alpha value is -4.73. The Bertz CT molecular complexity index is 1570. The molecule has 0 saturated carbocycles. The molecule has 10 heteroatoms. The third-order valence-electron chi connectivity index (χ3n) is 6.49. The van der Waals surface area contributed by atoms with Crippen molar-refractivity contribution >= 4 is 34.6 Å². The van der Waals surface area contributed by atoms with E-state index in [1.54, 1.807) is 64.2 Å². The van der Waals surface area contributed by atoms with E-state index in [0.29, 0.717) is 29.7 Å². The summed E-state index contributed by atoms with van der Waals surface area (Å²) in [7, 11) is 1.77. The van der Waals surface area contributed by atoms with E-state index in [-0.39, 0.29) is 23.9 Å². The van der Waals surface area contributed by atoms with Gasteiger partial charge in [-0.3, -0.25) is 15.1 Å². The first-order chi connectivity index (χ1) is 19.5. The van der Waals surface area contributed by atoms with E-state index in [2.05, 4.69) is 20.6 Å². The first-order valence-electron chi connectivity index (χ1n) is 13.4. The molecule has 2 aromatic carbocycles. The van der Waals surface area contributed by atoms with Gasteiger partial charge in [-0.15, -0.1) is 0 Å². The molecule has 2 heterocycles. The van der Waals surface area contributed by atoms with Crippen LogP contribution in [0, 0.1) is 6.92 Å². The number of anilines is 2. The van der Waals surface area contributed by atoms with Crippen LogP contribution in [0.1, 0.15) is 43.4 Å². The molecular weight excluding hydrogens is 522 g/mol. The maximum Gasteiger partial charge on any atom is 0.412 e. The van der Waals surface area contributed by atoms with Gasteiger partial charge in [0.15, 0.2) is 0 Å². The van der Waals surface area contributed by atoms with E-state index < -0.39 is 23.2 Å². The zero-order valence-corrected chi connectivity index (χ0v) is 23.9. The molecule has 4 aromatic rings. The summed E-state index contributed by atoms with van der Waals surface area (Å²) in [5, 5.41) is 5.97. The lowest BCUT2D eigenvalue weighted by Gasteiger charge is -2.24. The zero-order chi connectivity index (χ0) is 29.6. The van der Waals surface area contributed by atoms with Gasteiger partial charge in [0.2, 0.25) is 5.91 Å². The summed E-state index contributed by atoms with van der Waals surface area (Å²) in [6.07, 6.45) is 3.56. The summed E-state index contributed by atoms with van der Waals surface area (Å²) in [4.78, 5) is 49.1. The number of fused-ring (bicyclic) bond motifs is 1. The SMILES string of the molecule is Cc1c(NC(=O)OC(C)(C)C)ccc2nc(NCC(C(=O)N(C)CCc3cccnc3)c3ccccc3)oc(=O)c12. The number of carbonyl (C=O) groups excluding carboxylic acids is 2. The minimum Gasteiger partial charge on any atom is -0.444 e. The number of hydrogen-bond acceptors (Lipinski definition) is 8. The summed E-state index contributed by atoms with van der Waals surface area (Å²) in [6.45, 7) is 7.69. The van der Waals surface area contributed by atoms with Crippen molar-refractivity contribution in [3.05, 3.63) is 94.1 Å². The first-order valence-corrected chi connectivity index (χ1v) is 13.4. The van der Waals surface area contributed by atoms with Crippen LogP contribution in [-0.4, -0.2) is 52.6 Å². The van der Waals surface area contributed by atoms with E-state index in [1.807, 2.05) is 42.5 Å². The molecule has 1 unspecified atom stereocenters. The van der Waals surface area contributed by atoms with E-state index in [4.69, 9.17) is 9.15 Å². The van der Waals surface area contributed by atoms with Crippen molar-refractivity contribution in [3.8, 4) is 0 Å². The van der Waals surface area contributed by atoms with Crippen LogP contribution in [0.4, 0.5) is 16.5 Å². The molecule has 214 valence electrons. The van der Waals surface area contributed by atoms with Crippen LogP contribution < -0.4 is 16.3 Å². The molecular formula is C31H35N5O5. The lowest BCUT2D eigenvalue weighted by atomic mass is 9.97. The number of rotatable bonds is 9. The molecule has 0 aliphatic carbocycles. The second-order valence-corrected chi connectivity index (χ2v) is 10.8. The Morgan fingerprint density at radius 3 is 2.51 bits per heavy atom. The average Bonchev–Trinajstić information content (AvgIpc) is 2.93. The number of aromatic nitrogens is 2. The number of likely N-dealkylation sites (N-methyl/N-ethyl adjacent to an activating group) is 1. The predicted molar refractivity (Wildman–Crippen MR) is 158 cm³/mol. The third-order valence-corrected chi connectivity index (χ3v) is 6.49. The number of pyridine rings is 1. The Morgan fingerprint density at radius 1 is 1.07 bits per heavy atom. The number of carbonyl (C=O) groups is 2. The Balaban J connectivity index is 1.51. The Morgan fingerprint density at radius 2 is 1.83 bits per heavy atom. The predicted octanol–water partition coefficient (Wildman–Crippen LogP) is 5.14. The molecule has 2 N–H and O–H groups in total. The van der Waals surface area contributed by atoms with Crippen LogP contribution in [0.5, 0.6) is 0 Å². The topological polar surface area (TPSA) is 127 Å². The maximum absolute atomic E-state index is 13.5. The lowest BCUT2D eigenvalue weighted by molar-refractivity contribution is -0.131. The number of nitrogens with one attached hydrogen (secondary N) is 2. The van der Waals surface area contributed by atoms with Crippen LogP contribution in [0.25, 0.3) is 10.9 Å². The van der Waals surface area contributed by atoms with E-state index in [0.717, 1.165) is 11.1 Å². The summed E-state index contributed by atoms with van der Waals surface area (Å²) < 4.78 is 10.8. The maximum atomic E-state index is 13.5. The Labute approximate surface area is 238 Å². The molecule has 0 radical (unpaired) electrons. The molecule has 0 aliphatic heterocycles. The van der Waals surface area contributed by atoms with Gasteiger partial charge >= 0.3 is 11.7 Å². The number of hydrogen-bond donors (Lipinski definition) is 2. The molecule has 4 rings (SSSR count). The summed E-state index contributed by atoms with van der Waals surface area (Å²) in [5.41, 5.74) is 1.92. The standard InChI is InChI=1S/C31H35N5O5/c1-20-24(35-30(39)41-31(2,3)4)13-14-25-26(20)28(38)40-29(34-25)33-19-23(22-11-7-6-8-12-22)27(37)36(5)17-15-21-10-9-16-32-18-21/h6-14,16,18,23H,15,17,19H2,1-5H3,(H,33,34)(H,35,39). The Kier molecular flexibility index (Phi) is 9.01. The smallest absolute Gasteiger partial charge is 0.412 e. The highest BCUT2D eigenvalue weighted by Gasteiger charge is 2.25. The van der Waals surface area contributed by atoms with Crippen molar-refractivity contribution in [2.45, 2.75) is 45.6 Å². The molecule has 10 nitrogen and oxygen atoms in total. The minimum atomic E-state index is -0.664. The molecule has 1 atom stereocenters. The van der Waals surface area contributed by atoms with Gasteiger partial charge in [0.05, 0.1) is 16.8 Å². The van der Waals surface area contributed by atoms with Gasteiger partial charge in [0.1, 0.15) is 5.60 Å². The monoisotopic (exact) mass is 557 g/mol.